The van der Waals surface area contributed by atoms with Gasteiger partial charge >= 0.3 is 5.97 Å². The van der Waals surface area contributed by atoms with E-state index in [1.807, 2.05) is 17.7 Å². The normalized spacial score (nSPS) is 12.1. The predicted molar refractivity (Wildman–Crippen MR) is 61.5 cm³/mol. The van der Waals surface area contributed by atoms with E-state index in [1.54, 1.807) is 6.20 Å². The molecule has 1 aromatic heterocycles. The SMILES string of the molecule is CCCn1ccnc1CC(NC(C)=O)C(=O)O. The average Bonchev–Trinajstić information content (AvgIpc) is 2.64. The van der Waals surface area contributed by atoms with Crippen LogP contribution in [0, 0.1) is 0 Å². The van der Waals surface area contributed by atoms with Crippen LogP contribution in [0.2, 0.25) is 0 Å². The molecular formula is C11H17N3O3. The molecule has 1 amide bonds. The van der Waals surface area contributed by atoms with Crippen molar-refractivity contribution in [1.82, 2.24) is 14.9 Å². The van der Waals surface area contributed by atoms with E-state index in [-0.39, 0.29) is 12.3 Å². The van der Waals surface area contributed by atoms with Gasteiger partial charge in [-0.25, -0.2) is 9.78 Å². The molecule has 94 valence electrons. The number of nitrogens with zero attached hydrogens (tertiary/aromatic N) is 2. The highest BCUT2D eigenvalue weighted by Gasteiger charge is 2.20. The van der Waals surface area contributed by atoms with Crippen molar-refractivity contribution in [3.63, 3.8) is 0 Å². The topological polar surface area (TPSA) is 84.2 Å². The highest BCUT2D eigenvalue weighted by Crippen LogP contribution is 2.04. The van der Waals surface area contributed by atoms with Crippen molar-refractivity contribution in [2.24, 2.45) is 0 Å². The van der Waals surface area contributed by atoms with Crippen molar-refractivity contribution < 1.29 is 14.7 Å². The fourth-order valence-electron chi connectivity index (χ4n) is 1.60. The molecule has 2 N–H and O–H groups in total. The van der Waals surface area contributed by atoms with Gasteiger partial charge in [-0.15, -0.1) is 0 Å². The number of nitrogens with one attached hydrogen (secondary N) is 1. The number of aryl methyl sites for hydroxylation is 1. The molecule has 17 heavy (non-hydrogen) atoms. The lowest BCUT2D eigenvalue weighted by atomic mass is 10.2. The summed E-state index contributed by atoms with van der Waals surface area (Å²) in [5.41, 5.74) is 0. The van der Waals surface area contributed by atoms with Gasteiger partial charge in [0, 0.05) is 32.3 Å². The van der Waals surface area contributed by atoms with Crippen LogP contribution in [0.15, 0.2) is 12.4 Å². The molecule has 1 aromatic rings. The molecule has 1 rings (SSSR count). The van der Waals surface area contributed by atoms with Crippen molar-refractivity contribution in [3.8, 4) is 0 Å². The highest BCUT2D eigenvalue weighted by molar-refractivity contribution is 5.82. The first-order valence-electron chi connectivity index (χ1n) is 5.54. The first-order chi connectivity index (χ1) is 8.04. The van der Waals surface area contributed by atoms with Crippen LogP contribution < -0.4 is 5.32 Å². The summed E-state index contributed by atoms with van der Waals surface area (Å²) in [6.45, 7) is 4.13. The molecule has 0 radical (unpaired) electrons. The first-order valence-corrected chi connectivity index (χ1v) is 5.54. The molecule has 6 heteroatoms. The second kappa shape index (κ2) is 6.03. The van der Waals surface area contributed by atoms with Crippen LogP contribution in [0.4, 0.5) is 0 Å². The third-order valence-corrected chi connectivity index (χ3v) is 2.33. The standard InChI is InChI=1S/C11H17N3O3/c1-3-5-14-6-4-12-10(14)7-9(11(16)17)13-8(2)15/h4,6,9H,3,5,7H2,1-2H3,(H,13,15)(H,16,17). The number of carbonyl (C=O) groups excluding carboxylic acids is 1. The van der Waals surface area contributed by atoms with Gasteiger partial charge in [0.25, 0.3) is 0 Å². The maximum absolute atomic E-state index is 11.0. The molecule has 0 fully saturated rings. The summed E-state index contributed by atoms with van der Waals surface area (Å²) in [6, 6.07) is -0.925. The fourth-order valence-corrected chi connectivity index (χ4v) is 1.60. The molecule has 1 atom stereocenters. The fraction of sp³-hybridized carbons (Fsp3) is 0.545. The zero-order valence-corrected chi connectivity index (χ0v) is 10.0. The summed E-state index contributed by atoms with van der Waals surface area (Å²) in [4.78, 5) is 26.0. The van der Waals surface area contributed by atoms with Crippen molar-refractivity contribution in [2.75, 3.05) is 0 Å². The number of aromatic nitrogens is 2. The van der Waals surface area contributed by atoms with E-state index in [2.05, 4.69) is 10.3 Å². The number of hydrogen-bond donors (Lipinski definition) is 2. The summed E-state index contributed by atoms with van der Waals surface area (Å²) < 4.78 is 1.90. The number of carbonyl (C=O) groups is 2. The van der Waals surface area contributed by atoms with E-state index in [4.69, 9.17) is 5.11 Å². The van der Waals surface area contributed by atoms with Crippen molar-refractivity contribution in [2.45, 2.75) is 39.3 Å². The minimum absolute atomic E-state index is 0.196. The summed E-state index contributed by atoms with van der Waals surface area (Å²) in [5, 5.41) is 11.4. The predicted octanol–water partition coefficient (Wildman–Crippen LogP) is 0.425. The zero-order valence-electron chi connectivity index (χ0n) is 10.0. The molecule has 6 nitrogen and oxygen atoms in total. The molecule has 0 bridgehead atoms. The number of rotatable bonds is 6. The molecule has 0 aliphatic carbocycles. The van der Waals surface area contributed by atoms with E-state index in [9.17, 15) is 9.59 Å². The number of carboxylic acids is 1. The van der Waals surface area contributed by atoms with Crippen molar-refractivity contribution in [1.29, 1.82) is 0 Å². The largest absolute Gasteiger partial charge is 0.480 e. The second-order valence-corrected chi connectivity index (χ2v) is 3.83. The zero-order chi connectivity index (χ0) is 12.8. The van der Waals surface area contributed by atoms with Gasteiger partial charge in [0.05, 0.1) is 0 Å². The van der Waals surface area contributed by atoms with Gasteiger partial charge in [-0.05, 0) is 6.42 Å². The van der Waals surface area contributed by atoms with Gasteiger partial charge in [0.2, 0.25) is 5.91 Å². The molecule has 0 aromatic carbocycles. The van der Waals surface area contributed by atoms with Gasteiger partial charge in [-0.3, -0.25) is 4.79 Å². The minimum atomic E-state index is -1.05. The molecule has 0 saturated heterocycles. The average molecular weight is 239 g/mol. The van der Waals surface area contributed by atoms with Gasteiger partial charge in [0.1, 0.15) is 11.9 Å². The Balaban J connectivity index is 2.74. The highest BCUT2D eigenvalue weighted by atomic mass is 16.4. The van der Waals surface area contributed by atoms with Crippen LogP contribution in [0.3, 0.4) is 0 Å². The van der Waals surface area contributed by atoms with Crippen LogP contribution >= 0.6 is 0 Å². The minimum Gasteiger partial charge on any atom is -0.480 e. The van der Waals surface area contributed by atoms with Crippen LogP contribution in [0.1, 0.15) is 26.1 Å². The Kier molecular flexibility index (Phi) is 4.68. The number of carboxylic acid groups (broad SMARTS) is 1. The molecule has 0 saturated carbocycles. The van der Waals surface area contributed by atoms with Crippen LogP contribution in [0.5, 0.6) is 0 Å². The third-order valence-electron chi connectivity index (χ3n) is 2.33. The second-order valence-electron chi connectivity index (χ2n) is 3.83. The van der Waals surface area contributed by atoms with Crippen molar-refractivity contribution in [3.05, 3.63) is 18.2 Å². The Bertz CT molecular complexity index is 400. The Morgan fingerprint density at radius 1 is 1.59 bits per heavy atom. The van der Waals surface area contributed by atoms with Gasteiger partial charge in [-0.2, -0.15) is 0 Å². The van der Waals surface area contributed by atoms with Crippen LogP contribution in [0.25, 0.3) is 0 Å². The number of imidazole rings is 1. The van der Waals surface area contributed by atoms with Crippen LogP contribution in [-0.2, 0) is 22.6 Å². The van der Waals surface area contributed by atoms with Crippen molar-refractivity contribution >= 4 is 11.9 Å². The monoisotopic (exact) mass is 239 g/mol. The molecular weight excluding hydrogens is 222 g/mol. The van der Waals surface area contributed by atoms with Gasteiger partial charge in [0.15, 0.2) is 0 Å². The van der Waals surface area contributed by atoms with E-state index in [1.165, 1.54) is 6.92 Å². The number of aliphatic carboxylic acids is 1. The first kappa shape index (κ1) is 13.2. The Morgan fingerprint density at radius 2 is 2.29 bits per heavy atom. The lowest BCUT2D eigenvalue weighted by Crippen LogP contribution is -2.41. The van der Waals surface area contributed by atoms with E-state index < -0.39 is 12.0 Å². The Morgan fingerprint density at radius 3 is 2.82 bits per heavy atom. The summed E-state index contributed by atoms with van der Waals surface area (Å²) >= 11 is 0. The third kappa shape index (κ3) is 3.90. The summed E-state index contributed by atoms with van der Waals surface area (Å²) in [7, 11) is 0. The molecule has 0 aliphatic rings. The molecule has 0 aliphatic heterocycles. The Hall–Kier alpha value is -1.85. The molecule has 1 unspecified atom stereocenters. The number of amides is 1. The smallest absolute Gasteiger partial charge is 0.326 e. The van der Waals surface area contributed by atoms with Gasteiger partial charge < -0.3 is 15.0 Å². The van der Waals surface area contributed by atoms with E-state index in [0.29, 0.717) is 5.82 Å². The van der Waals surface area contributed by atoms with E-state index >= 15 is 0 Å². The Labute approximate surface area is 99.7 Å². The maximum Gasteiger partial charge on any atom is 0.326 e. The summed E-state index contributed by atoms with van der Waals surface area (Å²) in [5.74, 6) is -0.731. The van der Waals surface area contributed by atoms with E-state index in [0.717, 1.165) is 13.0 Å². The lowest BCUT2D eigenvalue weighted by molar-refractivity contribution is -0.141. The van der Waals surface area contributed by atoms with Gasteiger partial charge in [-0.1, -0.05) is 6.92 Å². The molecule has 1 heterocycles. The van der Waals surface area contributed by atoms with Crippen LogP contribution in [-0.4, -0.2) is 32.6 Å². The molecule has 0 spiro atoms. The number of hydrogen-bond acceptors (Lipinski definition) is 3. The summed E-state index contributed by atoms with van der Waals surface area (Å²) in [6.07, 6.45) is 4.59. The maximum atomic E-state index is 11.0. The lowest BCUT2D eigenvalue weighted by Gasteiger charge is -2.13. The quantitative estimate of drug-likeness (QED) is 0.753.